The number of nitrogens with zero attached hydrogens (tertiary/aromatic N) is 4. The molecule has 0 saturated heterocycles. The largest absolute Gasteiger partial charge is 0.309 e. The summed E-state index contributed by atoms with van der Waals surface area (Å²) in [5.74, 6) is 0. The highest BCUT2D eigenvalue weighted by Gasteiger charge is 2.17. The Balaban J connectivity index is 1.04. The van der Waals surface area contributed by atoms with E-state index in [1.807, 2.05) is 24.4 Å². The molecule has 4 heteroatoms. The molecule has 0 unspecified atom stereocenters. The van der Waals surface area contributed by atoms with Crippen LogP contribution in [-0.4, -0.2) is 19.1 Å². The second kappa shape index (κ2) is 13.1. The molecule has 0 amide bonds. The molecule has 4 heterocycles. The minimum atomic E-state index is 0.958. The van der Waals surface area contributed by atoms with Gasteiger partial charge >= 0.3 is 0 Å². The van der Waals surface area contributed by atoms with Crippen LogP contribution in [0.3, 0.4) is 0 Å². The van der Waals surface area contributed by atoms with Gasteiger partial charge in [0.25, 0.3) is 0 Å². The molecule has 0 aliphatic rings. The summed E-state index contributed by atoms with van der Waals surface area (Å²) in [5, 5.41) is 4.80. The minimum absolute atomic E-state index is 0.958. The third kappa shape index (κ3) is 5.31. The molecular formula is C52H34N4. The highest BCUT2D eigenvalue weighted by molar-refractivity contribution is 6.11. The van der Waals surface area contributed by atoms with Crippen LogP contribution in [-0.2, 0) is 0 Å². The molecule has 0 bridgehead atoms. The van der Waals surface area contributed by atoms with Crippen molar-refractivity contribution in [2.24, 2.45) is 0 Å². The number of para-hydroxylation sites is 2. The van der Waals surface area contributed by atoms with Gasteiger partial charge in [0, 0.05) is 50.2 Å². The first-order chi connectivity index (χ1) is 27.8. The van der Waals surface area contributed by atoms with Crippen LogP contribution in [0, 0.1) is 0 Å². The van der Waals surface area contributed by atoms with Gasteiger partial charge in [0.2, 0.25) is 0 Å². The summed E-state index contributed by atoms with van der Waals surface area (Å²) in [6, 6.07) is 71.3. The maximum absolute atomic E-state index is 5.10. The van der Waals surface area contributed by atoms with E-state index in [2.05, 4.69) is 191 Å². The van der Waals surface area contributed by atoms with Crippen molar-refractivity contribution < 1.29 is 0 Å². The van der Waals surface area contributed by atoms with Gasteiger partial charge in [0.1, 0.15) is 5.65 Å². The van der Waals surface area contributed by atoms with Crippen LogP contribution >= 0.6 is 0 Å². The summed E-state index contributed by atoms with van der Waals surface area (Å²) in [6.07, 6.45) is 1.88. The molecule has 56 heavy (non-hydrogen) atoms. The van der Waals surface area contributed by atoms with E-state index in [9.17, 15) is 0 Å². The van der Waals surface area contributed by atoms with E-state index < -0.39 is 0 Å². The molecule has 0 aliphatic heterocycles. The fourth-order valence-electron chi connectivity index (χ4n) is 8.30. The van der Waals surface area contributed by atoms with Gasteiger partial charge in [-0.25, -0.2) is 9.97 Å². The Hall–Kier alpha value is -7.56. The molecule has 4 aromatic heterocycles. The van der Waals surface area contributed by atoms with Gasteiger partial charge in [-0.15, -0.1) is 0 Å². The predicted molar refractivity (Wildman–Crippen MR) is 232 cm³/mol. The van der Waals surface area contributed by atoms with Gasteiger partial charge in [-0.3, -0.25) is 4.57 Å². The zero-order chi connectivity index (χ0) is 37.0. The first kappa shape index (κ1) is 31.9. The first-order valence-corrected chi connectivity index (χ1v) is 19.0. The third-order valence-corrected chi connectivity index (χ3v) is 11.0. The third-order valence-electron chi connectivity index (χ3n) is 11.0. The van der Waals surface area contributed by atoms with Crippen molar-refractivity contribution in [2.75, 3.05) is 0 Å². The van der Waals surface area contributed by atoms with Crippen molar-refractivity contribution >= 4 is 43.7 Å². The van der Waals surface area contributed by atoms with Crippen molar-refractivity contribution in [1.82, 2.24) is 19.1 Å². The van der Waals surface area contributed by atoms with Crippen LogP contribution < -0.4 is 0 Å². The van der Waals surface area contributed by atoms with Gasteiger partial charge in [-0.05, 0) is 89.0 Å². The lowest BCUT2D eigenvalue weighted by molar-refractivity contribution is 1.14. The van der Waals surface area contributed by atoms with E-state index in [0.717, 1.165) is 72.7 Å². The van der Waals surface area contributed by atoms with E-state index in [1.165, 1.54) is 27.2 Å². The van der Waals surface area contributed by atoms with E-state index in [0.29, 0.717) is 0 Å². The predicted octanol–water partition coefficient (Wildman–Crippen LogP) is 13.3. The smallest absolute Gasteiger partial charge is 0.145 e. The highest BCUT2D eigenvalue weighted by Crippen LogP contribution is 2.38. The lowest BCUT2D eigenvalue weighted by Gasteiger charge is -2.13. The summed E-state index contributed by atoms with van der Waals surface area (Å²) in [7, 11) is 0. The maximum atomic E-state index is 5.10. The van der Waals surface area contributed by atoms with Crippen LogP contribution in [0.15, 0.2) is 206 Å². The molecule has 0 saturated carbocycles. The molecule has 0 aliphatic carbocycles. The zero-order valence-electron chi connectivity index (χ0n) is 30.4. The van der Waals surface area contributed by atoms with Gasteiger partial charge < -0.3 is 4.57 Å². The zero-order valence-corrected chi connectivity index (χ0v) is 30.4. The number of aromatic nitrogens is 4. The Kier molecular flexibility index (Phi) is 7.46. The van der Waals surface area contributed by atoms with Crippen molar-refractivity contribution in [1.29, 1.82) is 0 Å². The number of hydrogen-bond donors (Lipinski definition) is 0. The van der Waals surface area contributed by atoms with E-state index in [4.69, 9.17) is 9.97 Å². The number of benzene rings is 7. The Morgan fingerprint density at radius 3 is 1.46 bits per heavy atom. The highest BCUT2D eigenvalue weighted by atomic mass is 15.0. The topological polar surface area (TPSA) is 35.6 Å². The average Bonchev–Trinajstić information content (AvgIpc) is 3.79. The number of pyridine rings is 2. The molecule has 11 rings (SSSR count). The Labute approximate surface area is 324 Å². The molecule has 262 valence electrons. The van der Waals surface area contributed by atoms with Crippen LogP contribution in [0.5, 0.6) is 0 Å². The summed E-state index contributed by atoms with van der Waals surface area (Å²) < 4.78 is 4.68. The number of hydrogen-bond acceptors (Lipinski definition) is 2. The van der Waals surface area contributed by atoms with Gasteiger partial charge in [-0.2, -0.15) is 0 Å². The summed E-state index contributed by atoms with van der Waals surface area (Å²) in [5.41, 5.74) is 15.4. The number of fused-ring (bicyclic) bond motifs is 6. The fourth-order valence-corrected chi connectivity index (χ4v) is 8.30. The lowest BCUT2D eigenvalue weighted by Crippen LogP contribution is -1.95. The van der Waals surface area contributed by atoms with Gasteiger partial charge in [0.05, 0.1) is 27.9 Å². The van der Waals surface area contributed by atoms with Crippen LogP contribution in [0.4, 0.5) is 0 Å². The minimum Gasteiger partial charge on any atom is -0.309 e. The average molecular weight is 715 g/mol. The molecule has 11 aromatic rings. The summed E-state index contributed by atoms with van der Waals surface area (Å²) in [6.45, 7) is 0. The normalized spacial score (nSPS) is 11.6. The van der Waals surface area contributed by atoms with Crippen molar-refractivity contribution in [2.45, 2.75) is 0 Å². The van der Waals surface area contributed by atoms with Crippen LogP contribution in [0.2, 0.25) is 0 Å². The molecule has 0 spiro atoms. The van der Waals surface area contributed by atoms with Crippen molar-refractivity contribution in [3.8, 4) is 56.1 Å². The molecular weight excluding hydrogens is 681 g/mol. The summed E-state index contributed by atoms with van der Waals surface area (Å²) in [4.78, 5) is 9.92. The fraction of sp³-hybridized carbons (Fsp3) is 0. The van der Waals surface area contributed by atoms with E-state index in [1.54, 1.807) is 0 Å². The summed E-state index contributed by atoms with van der Waals surface area (Å²) >= 11 is 0. The molecule has 7 aromatic carbocycles. The first-order valence-electron chi connectivity index (χ1n) is 19.0. The monoisotopic (exact) mass is 714 g/mol. The van der Waals surface area contributed by atoms with Crippen LogP contribution in [0.1, 0.15) is 0 Å². The SMILES string of the molecule is c1ccc(-c2cc(-c3ccc(-n4c5ccccc5c5ccc(-c6ccc7c8cccnc8n(-c8ccccc8)c7c6)cc54)cc3)cc(-c3ccccc3)n2)cc1. The Bertz CT molecular complexity index is 3160. The standard InChI is InChI=1S/C52H34N4/c1-4-13-36(14-5-1)47-31-40(32-48(54-47)37-15-6-2-7-16-37)35-22-26-42(27-23-35)55-49-21-11-10-19-43(49)44-28-24-38(33-50(44)55)39-25-29-45-46-20-12-30-53-52(46)56(51(45)34-39)41-17-8-3-9-18-41/h1-34H. The van der Waals surface area contributed by atoms with Crippen molar-refractivity contribution in [3.63, 3.8) is 0 Å². The molecule has 0 N–H and O–H groups in total. The second-order valence-electron chi connectivity index (χ2n) is 14.3. The molecule has 0 radical (unpaired) electrons. The molecule has 0 atom stereocenters. The van der Waals surface area contributed by atoms with Crippen molar-refractivity contribution in [3.05, 3.63) is 206 Å². The van der Waals surface area contributed by atoms with E-state index >= 15 is 0 Å². The van der Waals surface area contributed by atoms with E-state index in [-0.39, 0.29) is 0 Å². The van der Waals surface area contributed by atoms with Gasteiger partial charge in [-0.1, -0.05) is 133 Å². The maximum Gasteiger partial charge on any atom is 0.145 e. The molecule has 4 nitrogen and oxygen atoms in total. The quantitative estimate of drug-likeness (QED) is 0.172. The Morgan fingerprint density at radius 1 is 0.304 bits per heavy atom. The van der Waals surface area contributed by atoms with Gasteiger partial charge in [0.15, 0.2) is 0 Å². The Morgan fingerprint density at radius 2 is 0.804 bits per heavy atom. The van der Waals surface area contributed by atoms with Crippen LogP contribution in [0.25, 0.3) is 99.9 Å². The lowest BCUT2D eigenvalue weighted by atomic mass is 9.99. The molecule has 0 fully saturated rings. The number of rotatable bonds is 6. The second-order valence-corrected chi connectivity index (χ2v) is 14.3.